The summed E-state index contributed by atoms with van der Waals surface area (Å²) in [7, 11) is -3.18. The van der Waals surface area contributed by atoms with Crippen molar-refractivity contribution < 1.29 is 31.1 Å². The molecule has 4 aromatic rings. The quantitative estimate of drug-likeness (QED) is 0.322. The van der Waals surface area contributed by atoms with Crippen molar-refractivity contribution in [3.05, 3.63) is 84.5 Å². The van der Waals surface area contributed by atoms with E-state index in [0.29, 0.717) is 28.4 Å². The molecule has 1 saturated heterocycles. The molecular formula is C26H23F2N5O5S. The van der Waals surface area contributed by atoms with Gasteiger partial charge in [-0.1, -0.05) is 18.2 Å². The predicted octanol–water partition coefficient (Wildman–Crippen LogP) is 4.72. The Labute approximate surface area is 222 Å². The summed E-state index contributed by atoms with van der Waals surface area (Å²) in [6.07, 6.45) is -1.49. The Hall–Kier alpha value is -4.39. The van der Waals surface area contributed by atoms with Crippen LogP contribution in [-0.2, 0) is 16.4 Å². The fourth-order valence-electron chi connectivity index (χ4n) is 3.91. The lowest BCUT2D eigenvalue weighted by molar-refractivity contribution is 0.116. The molecule has 10 nitrogen and oxygen atoms in total. The number of amides is 2. The number of rotatable bonds is 7. The smallest absolute Gasteiger partial charge is 0.324 e. The Morgan fingerprint density at radius 1 is 0.974 bits per heavy atom. The Morgan fingerprint density at radius 2 is 1.67 bits per heavy atom. The summed E-state index contributed by atoms with van der Waals surface area (Å²) in [5, 5.41) is 6.93. The lowest BCUT2D eigenvalue weighted by Gasteiger charge is -2.33. The van der Waals surface area contributed by atoms with Crippen LogP contribution in [-0.4, -0.2) is 59.1 Å². The second-order valence-corrected chi connectivity index (χ2v) is 11.0. The van der Waals surface area contributed by atoms with Crippen LogP contribution in [0, 0.1) is 0 Å². The van der Waals surface area contributed by atoms with Gasteiger partial charge >= 0.3 is 12.5 Å². The zero-order chi connectivity index (χ0) is 27.4. The van der Waals surface area contributed by atoms with Crippen molar-refractivity contribution in [3.63, 3.8) is 0 Å². The average molecular weight is 556 g/mol. The maximum Gasteiger partial charge on any atom is 0.324 e. The number of sulfone groups is 1. The number of hydrogen-bond donors (Lipinski definition) is 0. The van der Waals surface area contributed by atoms with Gasteiger partial charge in [0.05, 0.1) is 29.3 Å². The molecule has 2 aromatic carbocycles. The number of benzene rings is 2. The lowest BCUT2D eigenvalue weighted by Crippen LogP contribution is -2.49. The normalized spacial score (nSPS) is 14.8. The van der Waals surface area contributed by atoms with E-state index in [1.54, 1.807) is 36.4 Å². The molecule has 3 heterocycles. The highest BCUT2D eigenvalue weighted by atomic mass is 32.2. The maximum absolute atomic E-state index is 13.5. The number of nitrogens with zero attached hydrogens (tertiary/aromatic N) is 5. The topological polar surface area (TPSA) is 119 Å². The summed E-state index contributed by atoms with van der Waals surface area (Å²) in [4.78, 5) is 20.9. The molecule has 202 valence electrons. The summed E-state index contributed by atoms with van der Waals surface area (Å²) >= 11 is 0. The number of halogens is 2. The van der Waals surface area contributed by atoms with Gasteiger partial charge in [0.1, 0.15) is 11.5 Å². The van der Waals surface area contributed by atoms with Crippen LogP contribution in [0.4, 0.5) is 19.3 Å². The highest BCUT2D eigenvalue weighted by Crippen LogP contribution is 2.27. The van der Waals surface area contributed by atoms with Crippen LogP contribution in [0.3, 0.4) is 0 Å². The van der Waals surface area contributed by atoms with E-state index in [-0.39, 0.29) is 43.1 Å². The lowest BCUT2D eigenvalue weighted by atomic mass is 10.2. The molecule has 1 aliphatic heterocycles. The van der Waals surface area contributed by atoms with Crippen molar-refractivity contribution in [3.8, 4) is 23.0 Å². The molecule has 5 rings (SSSR count). The second kappa shape index (κ2) is 11.2. The molecular weight excluding hydrogens is 532 g/mol. The number of carbonyl (C=O) groups excluding carboxylic acids is 1. The van der Waals surface area contributed by atoms with E-state index in [0.717, 1.165) is 0 Å². The second-order valence-electron chi connectivity index (χ2n) is 8.70. The highest BCUT2D eigenvalue weighted by Gasteiger charge is 2.29. The summed E-state index contributed by atoms with van der Waals surface area (Å²) in [5.74, 6) is 0.155. The molecule has 1 aliphatic rings. The standard InChI is InChI=1S/C26H23F2N5O5S/c27-23(28)25-31-30-24(38-25)18-6-7-19(29-16-18)17-33(26(34)32-12-14-39(35,36)15-13-32)20-8-10-22(11-9-20)37-21-4-2-1-3-5-21/h1-11,16,23H,12-15,17H2. The van der Waals surface area contributed by atoms with Gasteiger partial charge in [-0.25, -0.2) is 13.2 Å². The minimum absolute atomic E-state index is 0.0629. The molecule has 0 spiro atoms. The number of urea groups is 1. The fourth-order valence-corrected chi connectivity index (χ4v) is 5.11. The number of aromatic nitrogens is 3. The van der Waals surface area contributed by atoms with Crippen LogP contribution in [0.25, 0.3) is 11.5 Å². The SMILES string of the molecule is O=C(N1CCS(=O)(=O)CC1)N(Cc1ccc(-c2nnc(C(F)F)o2)cn1)c1ccc(Oc2ccccc2)cc1. The monoisotopic (exact) mass is 555 g/mol. The molecule has 0 unspecified atom stereocenters. The van der Waals surface area contributed by atoms with Gasteiger partial charge in [0, 0.05) is 25.0 Å². The molecule has 0 bridgehead atoms. The first-order valence-corrected chi connectivity index (χ1v) is 13.8. The number of alkyl halides is 2. The summed E-state index contributed by atoms with van der Waals surface area (Å²) in [6.45, 7) is 0.235. The minimum Gasteiger partial charge on any atom is -0.457 e. The van der Waals surface area contributed by atoms with Crippen molar-refractivity contribution in [2.45, 2.75) is 13.0 Å². The zero-order valence-corrected chi connectivity index (χ0v) is 21.3. The Kier molecular flexibility index (Phi) is 7.50. The number of anilines is 1. The molecule has 2 amide bonds. The summed E-state index contributed by atoms with van der Waals surface area (Å²) in [6, 6.07) is 19.0. The van der Waals surface area contributed by atoms with Gasteiger partial charge in [-0.2, -0.15) is 8.78 Å². The van der Waals surface area contributed by atoms with Gasteiger partial charge in [-0.3, -0.25) is 9.88 Å². The van der Waals surface area contributed by atoms with Crippen LogP contribution in [0.1, 0.15) is 18.0 Å². The Balaban J connectivity index is 1.37. The molecule has 13 heteroatoms. The average Bonchev–Trinajstić information content (AvgIpc) is 3.44. The molecule has 0 aliphatic carbocycles. The Morgan fingerprint density at radius 3 is 2.28 bits per heavy atom. The predicted molar refractivity (Wildman–Crippen MR) is 137 cm³/mol. The van der Waals surface area contributed by atoms with E-state index in [1.165, 1.54) is 16.0 Å². The van der Waals surface area contributed by atoms with E-state index in [1.807, 2.05) is 30.3 Å². The highest BCUT2D eigenvalue weighted by molar-refractivity contribution is 7.91. The number of hydrogen-bond acceptors (Lipinski definition) is 8. The third-order valence-corrected chi connectivity index (χ3v) is 7.60. The molecule has 0 radical (unpaired) electrons. The van der Waals surface area contributed by atoms with Crippen LogP contribution in [0.15, 0.2) is 77.3 Å². The van der Waals surface area contributed by atoms with E-state index < -0.39 is 22.2 Å². The molecule has 2 aromatic heterocycles. The number of ether oxygens (including phenoxy) is 1. The first-order chi connectivity index (χ1) is 18.8. The van der Waals surface area contributed by atoms with Gasteiger partial charge in [0.25, 0.3) is 5.89 Å². The molecule has 0 atom stereocenters. The van der Waals surface area contributed by atoms with Crippen molar-refractivity contribution in [1.29, 1.82) is 0 Å². The molecule has 1 fully saturated rings. The molecule has 0 N–H and O–H groups in total. The number of carbonyl (C=O) groups is 1. The van der Waals surface area contributed by atoms with Crippen molar-refractivity contribution >= 4 is 21.6 Å². The van der Waals surface area contributed by atoms with Crippen molar-refractivity contribution in [1.82, 2.24) is 20.1 Å². The third kappa shape index (κ3) is 6.37. The van der Waals surface area contributed by atoms with Gasteiger partial charge in [-0.15, -0.1) is 10.2 Å². The number of pyridine rings is 1. The van der Waals surface area contributed by atoms with Crippen LogP contribution >= 0.6 is 0 Å². The minimum atomic E-state index is -3.18. The van der Waals surface area contributed by atoms with Crippen LogP contribution in [0.5, 0.6) is 11.5 Å². The molecule has 0 saturated carbocycles. The summed E-state index contributed by atoms with van der Waals surface area (Å²) < 4.78 is 60.1. The van der Waals surface area contributed by atoms with E-state index in [9.17, 15) is 22.0 Å². The van der Waals surface area contributed by atoms with Crippen LogP contribution in [0.2, 0.25) is 0 Å². The zero-order valence-electron chi connectivity index (χ0n) is 20.5. The maximum atomic E-state index is 13.5. The van der Waals surface area contributed by atoms with Gasteiger partial charge < -0.3 is 14.1 Å². The van der Waals surface area contributed by atoms with E-state index >= 15 is 0 Å². The molecule has 39 heavy (non-hydrogen) atoms. The largest absolute Gasteiger partial charge is 0.457 e. The third-order valence-electron chi connectivity index (χ3n) is 5.99. The van der Waals surface area contributed by atoms with Crippen molar-refractivity contribution in [2.75, 3.05) is 29.5 Å². The summed E-state index contributed by atoms with van der Waals surface area (Å²) in [5.41, 5.74) is 1.40. The first-order valence-electron chi connectivity index (χ1n) is 11.9. The fraction of sp³-hybridized carbons (Fsp3) is 0.231. The van der Waals surface area contributed by atoms with E-state index in [4.69, 9.17) is 9.15 Å². The van der Waals surface area contributed by atoms with Gasteiger partial charge in [-0.05, 0) is 48.5 Å². The first kappa shape index (κ1) is 26.2. The van der Waals surface area contributed by atoms with Crippen molar-refractivity contribution in [2.24, 2.45) is 0 Å². The van der Waals surface area contributed by atoms with Crippen LogP contribution < -0.4 is 9.64 Å². The number of para-hydroxylation sites is 1. The van der Waals surface area contributed by atoms with E-state index in [2.05, 4.69) is 15.2 Å². The van der Waals surface area contributed by atoms with Gasteiger partial charge in [0.15, 0.2) is 9.84 Å². The Bertz CT molecular complexity index is 1520. The van der Waals surface area contributed by atoms with Gasteiger partial charge in [0.2, 0.25) is 5.89 Å².